The zero-order valence-corrected chi connectivity index (χ0v) is 22.8. The number of aromatic nitrogens is 3. The van der Waals surface area contributed by atoms with E-state index in [1.807, 2.05) is 30.3 Å². The van der Waals surface area contributed by atoms with Crippen LogP contribution in [0.5, 0.6) is 0 Å². The fourth-order valence-corrected chi connectivity index (χ4v) is 4.60. The Morgan fingerprint density at radius 1 is 0.974 bits per heavy atom. The highest BCUT2D eigenvalue weighted by atomic mass is 35.5. The standard InChI is InChI=1S/C26H23Cl2N7O2S/c1-16(29-25(37)21-13-8-17(27)14-22(21)28)24-33-34-26(35(24)2)38-15-23(36)30-18-9-11-20(12-10-18)32-31-19-6-4-3-5-7-19/h3-14,16H,15H2,1-2H3,(H,29,37)(H,30,36)/t16-/m1/s1. The van der Waals surface area contributed by atoms with E-state index >= 15 is 0 Å². The van der Waals surface area contributed by atoms with Gasteiger partial charge in [0.15, 0.2) is 11.0 Å². The predicted octanol–water partition coefficient (Wildman–Crippen LogP) is 6.76. The lowest BCUT2D eigenvalue weighted by atomic mass is 10.2. The third kappa shape index (κ3) is 7.18. The van der Waals surface area contributed by atoms with Gasteiger partial charge in [-0.3, -0.25) is 9.59 Å². The van der Waals surface area contributed by atoms with Gasteiger partial charge in [0, 0.05) is 17.8 Å². The van der Waals surface area contributed by atoms with E-state index in [2.05, 4.69) is 31.1 Å². The number of hydrogen-bond donors (Lipinski definition) is 2. The van der Waals surface area contributed by atoms with Crippen molar-refractivity contribution in [1.29, 1.82) is 0 Å². The summed E-state index contributed by atoms with van der Waals surface area (Å²) < 4.78 is 1.74. The minimum Gasteiger partial charge on any atom is -0.342 e. The van der Waals surface area contributed by atoms with Crippen LogP contribution in [0.3, 0.4) is 0 Å². The molecule has 0 radical (unpaired) electrons. The van der Waals surface area contributed by atoms with Crippen LogP contribution in [0.15, 0.2) is 88.2 Å². The predicted molar refractivity (Wildman–Crippen MR) is 150 cm³/mol. The van der Waals surface area contributed by atoms with E-state index in [1.165, 1.54) is 17.8 Å². The minimum atomic E-state index is -0.451. The highest BCUT2D eigenvalue weighted by Crippen LogP contribution is 2.24. The van der Waals surface area contributed by atoms with Crippen LogP contribution >= 0.6 is 35.0 Å². The quantitative estimate of drug-likeness (QED) is 0.171. The Balaban J connectivity index is 1.29. The molecule has 0 unspecified atom stereocenters. The van der Waals surface area contributed by atoms with Crippen molar-refractivity contribution in [3.05, 3.63) is 94.2 Å². The number of carbonyl (C=O) groups excluding carboxylic acids is 2. The van der Waals surface area contributed by atoms with Gasteiger partial charge in [-0.1, -0.05) is 53.2 Å². The molecule has 4 aromatic rings. The summed E-state index contributed by atoms with van der Waals surface area (Å²) in [5, 5.41) is 23.7. The molecule has 2 N–H and O–H groups in total. The second-order valence-corrected chi connectivity index (χ2v) is 9.92. The number of hydrogen-bond acceptors (Lipinski definition) is 7. The maximum Gasteiger partial charge on any atom is 0.253 e. The Labute approximate surface area is 233 Å². The fraction of sp³-hybridized carbons (Fsp3) is 0.154. The number of benzene rings is 3. The van der Waals surface area contributed by atoms with E-state index in [4.69, 9.17) is 23.2 Å². The summed E-state index contributed by atoms with van der Waals surface area (Å²) in [4.78, 5) is 25.1. The van der Waals surface area contributed by atoms with Gasteiger partial charge in [-0.2, -0.15) is 10.2 Å². The molecule has 1 heterocycles. The van der Waals surface area contributed by atoms with E-state index in [0.29, 0.717) is 32.9 Å². The second kappa shape index (κ2) is 12.7. The fourth-order valence-electron chi connectivity index (χ4n) is 3.39. The van der Waals surface area contributed by atoms with Crippen LogP contribution < -0.4 is 10.6 Å². The van der Waals surface area contributed by atoms with Crippen LogP contribution in [0, 0.1) is 0 Å². The molecule has 38 heavy (non-hydrogen) atoms. The molecule has 0 saturated carbocycles. The van der Waals surface area contributed by atoms with E-state index < -0.39 is 6.04 Å². The zero-order valence-electron chi connectivity index (χ0n) is 20.4. The normalized spacial score (nSPS) is 11.9. The van der Waals surface area contributed by atoms with Crippen molar-refractivity contribution in [3.63, 3.8) is 0 Å². The Bertz CT molecular complexity index is 1460. The molecular formula is C26H23Cl2N7O2S. The molecule has 1 aromatic heterocycles. The van der Waals surface area contributed by atoms with Crippen molar-refractivity contribution < 1.29 is 9.59 Å². The van der Waals surface area contributed by atoms with E-state index in [9.17, 15) is 9.59 Å². The molecule has 2 amide bonds. The van der Waals surface area contributed by atoms with Crippen LogP contribution in [-0.4, -0.2) is 32.3 Å². The highest BCUT2D eigenvalue weighted by molar-refractivity contribution is 7.99. The molecule has 4 rings (SSSR count). The summed E-state index contributed by atoms with van der Waals surface area (Å²) in [5.41, 5.74) is 2.39. The van der Waals surface area contributed by atoms with Gasteiger partial charge < -0.3 is 15.2 Å². The zero-order chi connectivity index (χ0) is 27.1. The molecule has 9 nitrogen and oxygen atoms in total. The maximum absolute atomic E-state index is 12.6. The smallest absolute Gasteiger partial charge is 0.253 e. The van der Waals surface area contributed by atoms with E-state index in [0.717, 1.165) is 5.69 Å². The van der Waals surface area contributed by atoms with Crippen molar-refractivity contribution >= 4 is 63.8 Å². The molecule has 194 valence electrons. The molecule has 0 aliphatic rings. The number of azo groups is 1. The topological polar surface area (TPSA) is 114 Å². The summed E-state index contributed by atoms with van der Waals surface area (Å²) in [6.07, 6.45) is 0. The van der Waals surface area contributed by atoms with E-state index in [-0.39, 0.29) is 22.6 Å². The number of nitrogens with zero attached hydrogens (tertiary/aromatic N) is 5. The van der Waals surface area contributed by atoms with E-state index in [1.54, 1.807) is 54.9 Å². The lowest BCUT2D eigenvalue weighted by Gasteiger charge is -2.14. The molecule has 0 aliphatic heterocycles. The van der Waals surface area contributed by atoms with Crippen LogP contribution in [0.25, 0.3) is 0 Å². The third-order valence-electron chi connectivity index (χ3n) is 5.30. The maximum atomic E-state index is 12.6. The van der Waals surface area contributed by atoms with Crippen molar-refractivity contribution in [1.82, 2.24) is 20.1 Å². The largest absolute Gasteiger partial charge is 0.342 e. The first-order valence-electron chi connectivity index (χ1n) is 11.4. The summed E-state index contributed by atoms with van der Waals surface area (Å²) >= 11 is 13.3. The number of nitrogens with one attached hydrogen (secondary N) is 2. The lowest BCUT2D eigenvalue weighted by Crippen LogP contribution is -2.28. The number of thioether (sulfide) groups is 1. The molecule has 0 aliphatic carbocycles. The van der Waals surface area contributed by atoms with Crippen molar-refractivity contribution in [2.75, 3.05) is 11.1 Å². The van der Waals surface area contributed by atoms with Gasteiger partial charge in [-0.15, -0.1) is 10.2 Å². The number of carbonyl (C=O) groups is 2. The molecule has 0 saturated heterocycles. The third-order valence-corrected chi connectivity index (χ3v) is 6.87. The monoisotopic (exact) mass is 567 g/mol. The SMILES string of the molecule is C[C@@H](NC(=O)c1ccc(Cl)cc1Cl)c1nnc(SCC(=O)Nc2ccc(N=Nc3ccccc3)cc2)n1C. The first kappa shape index (κ1) is 27.3. The molecule has 3 aromatic carbocycles. The van der Waals surface area contributed by atoms with Gasteiger partial charge in [0.1, 0.15) is 0 Å². The van der Waals surface area contributed by atoms with Crippen molar-refractivity contribution in [2.45, 2.75) is 18.1 Å². The molecular weight excluding hydrogens is 545 g/mol. The summed E-state index contributed by atoms with van der Waals surface area (Å²) in [7, 11) is 1.77. The van der Waals surface area contributed by atoms with Crippen LogP contribution in [0.4, 0.5) is 17.1 Å². The first-order chi connectivity index (χ1) is 18.3. The number of anilines is 1. The average molecular weight is 568 g/mol. The number of halogens is 2. The van der Waals surface area contributed by atoms with Crippen molar-refractivity contribution in [2.24, 2.45) is 17.3 Å². The Kier molecular flexibility index (Phi) is 9.11. The molecule has 0 bridgehead atoms. The van der Waals surface area contributed by atoms with Gasteiger partial charge in [-0.25, -0.2) is 0 Å². The summed E-state index contributed by atoms with van der Waals surface area (Å²) in [6, 6.07) is 20.7. The van der Waals surface area contributed by atoms with Gasteiger partial charge in [0.05, 0.1) is 33.8 Å². The van der Waals surface area contributed by atoms with Gasteiger partial charge in [-0.05, 0) is 61.5 Å². The summed E-state index contributed by atoms with van der Waals surface area (Å²) in [5.74, 6) is 0.106. The Morgan fingerprint density at radius 2 is 1.66 bits per heavy atom. The molecule has 0 fully saturated rings. The molecule has 0 spiro atoms. The lowest BCUT2D eigenvalue weighted by molar-refractivity contribution is -0.113. The van der Waals surface area contributed by atoms with Gasteiger partial charge >= 0.3 is 0 Å². The Morgan fingerprint density at radius 3 is 2.34 bits per heavy atom. The van der Waals surface area contributed by atoms with Gasteiger partial charge in [0.2, 0.25) is 5.91 Å². The second-order valence-electron chi connectivity index (χ2n) is 8.14. The van der Waals surface area contributed by atoms with Crippen LogP contribution in [-0.2, 0) is 11.8 Å². The van der Waals surface area contributed by atoms with Crippen LogP contribution in [0.1, 0.15) is 29.1 Å². The minimum absolute atomic E-state index is 0.128. The highest BCUT2D eigenvalue weighted by Gasteiger charge is 2.20. The number of amides is 2. The van der Waals surface area contributed by atoms with Gasteiger partial charge in [0.25, 0.3) is 5.91 Å². The van der Waals surface area contributed by atoms with Crippen LogP contribution in [0.2, 0.25) is 10.0 Å². The molecule has 1 atom stereocenters. The number of rotatable bonds is 9. The van der Waals surface area contributed by atoms with Crippen molar-refractivity contribution in [3.8, 4) is 0 Å². The average Bonchev–Trinajstić information content (AvgIpc) is 3.27. The molecule has 12 heteroatoms. The first-order valence-corrected chi connectivity index (χ1v) is 13.2. The summed E-state index contributed by atoms with van der Waals surface area (Å²) in [6.45, 7) is 1.79. The Hall–Kier alpha value is -3.73.